The Morgan fingerprint density at radius 1 is 1.53 bits per heavy atom. The monoisotopic (exact) mass is 289 g/mol. The van der Waals surface area contributed by atoms with Crippen LogP contribution in [0, 0.1) is 0 Å². The van der Waals surface area contributed by atoms with Crippen LogP contribution < -0.4 is 10.1 Å². The molecule has 2 rings (SSSR count). The number of hydrogen-bond donors (Lipinski definition) is 1. The van der Waals surface area contributed by atoms with Gasteiger partial charge >= 0.3 is 0 Å². The molecule has 1 N–H and O–H groups in total. The quantitative estimate of drug-likeness (QED) is 0.806. The summed E-state index contributed by atoms with van der Waals surface area (Å²) in [5, 5.41) is 2.01. The number of fused-ring (bicyclic) bond motifs is 1. The Labute approximate surface area is 98.7 Å². The Hall–Kier alpha value is -1.07. The van der Waals surface area contributed by atoms with E-state index in [1.807, 2.05) is 0 Å². The molecule has 0 fully saturated rings. The molecule has 1 aliphatic rings. The van der Waals surface area contributed by atoms with Crippen molar-refractivity contribution in [1.82, 2.24) is 0 Å². The van der Waals surface area contributed by atoms with Gasteiger partial charge in [0.2, 0.25) is 0 Å². The van der Waals surface area contributed by atoms with Crippen LogP contribution >= 0.6 is 27.5 Å². The molecule has 6 heteroatoms. The van der Waals surface area contributed by atoms with Crippen LogP contribution in [0.25, 0.3) is 0 Å². The lowest BCUT2D eigenvalue weighted by molar-refractivity contribution is -0.118. The molecule has 0 spiro atoms. The fraction of sp³-hybridized carbons (Fsp3) is 0.111. The second kappa shape index (κ2) is 3.83. The number of halogens is 2. The zero-order chi connectivity index (χ0) is 11.0. The van der Waals surface area contributed by atoms with Gasteiger partial charge in [-0.1, -0.05) is 0 Å². The predicted molar refractivity (Wildman–Crippen MR) is 58.5 cm³/mol. The lowest BCUT2D eigenvalue weighted by Crippen LogP contribution is -2.25. The van der Waals surface area contributed by atoms with E-state index in [1.165, 1.54) is 6.07 Å². The van der Waals surface area contributed by atoms with E-state index < -0.39 is 5.24 Å². The fourth-order valence-corrected chi connectivity index (χ4v) is 1.95. The van der Waals surface area contributed by atoms with Gasteiger partial charge in [0.1, 0.15) is 0 Å². The van der Waals surface area contributed by atoms with Crippen molar-refractivity contribution in [3.05, 3.63) is 22.2 Å². The number of carbonyl (C=O) groups excluding carboxylic acids is 2. The number of amides is 1. The molecule has 1 heterocycles. The van der Waals surface area contributed by atoms with E-state index in [0.717, 1.165) is 0 Å². The Kier molecular flexibility index (Phi) is 2.67. The Bertz CT molecular complexity index is 461. The molecule has 0 radical (unpaired) electrons. The first kappa shape index (κ1) is 10.4. The molecule has 15 heavy (non-hydrogen) atoms. The van der Waals surface area contributed by atoms with Crippen molar-refractivity contribution in [2.24, 2.45) is 0 Å². The van der Waals surface area contributed by atoms with Crippen LogP contribution in [0.1, 0.15) is 10.4 Å². The zero-order valence-electron chi connectivity index (χ0n) is 7.34. The normalized spacial score (nSPS) is 13.9. The molecule has 0 saturated heterocycles. The van der Waals surface area contributed by atoms with Crippen molar-refractivity contribution in [3.8, 4) is 5.75 Å². The predicted octanol–water partition coefficient (Wildman–Crippen LogP) is 2.16. The van der Waals surface area contributed by atoms with E-state index in [4.69, 9.17) is 16.3 Å². The number of nitrogens with one attached hydrogen (secondary N) is 1. The van der Waals surface area contributed by atoms with Gasteiger partial charge in [-0.25, -0.2) is 0 Å². The minimum atomic E-state index is -0.585. The van der Waals surface area contributed by atoms with Gasteiger partial charge in [-0.2, -0.15) is 0 Å². The van der Waals surface area contributed by atoms with Crippen LogP contribution in [0.4, 0.5) is 5.69 Å². The molecule has 1 aliphatic heterocycles. The summed E-state index contributed by atoms with van der Waals surface area (Å²) in [6.45, 7) is -0.0280. The van der Waals surface area contributed by atoms with Gasteiger partial charge in [-0.05, 0) is 39.7 Å². The van der Waals surface area contributed by atoms with Crippen molar-refractivity contribution < 1.29 is 14.3 Å². The Morgan fingerprint density at radius 2 is 2.27 bits per heavy atom. The number of benzene rings is 1. The highest BCUT2D eigenvalue weighted by molar-refractivity contribution is 9.10. The largest absolute Gasteiger partial charge is 0.480 e. The molecule has 1 aromatic carbocycles. The maximum atomic E-state index is 11.0. The van der Waals surface area contributed by atoms with Gasteiger partial charge in [0.15, 0.2) is 12.4 Å². The van der Waals surface area contributed by atoms with Crippen molar-refractivity contribution in [3.63, 3.8) is 0 Å². The SMILES string of the molecule is O=C1COc2c(Br)cc(C(=O)Cl)cc2N1. The van der Waals surface area contributed by atoms with Gasteiger partial charge < -0.3 is 10.1 Å². The number of rotatable bonds is 1. The van der Waals surface area contributed by atoms with Gasteiger partial charge in [-0.3, -0.25) is 9.59 Å². The number of carbonyl (C=O) groups is 2. The average molecular weight is 290 g/mol. The smallest absolute Gasteiger partial charge is 0.262 e. The standard InChI is InChI=1S/C9H5BrClNO3/c10-5-1-4(9(11)14)2-6-8(5)15-3-7(13)12-6/h1-2H,3H2,(H,12,13). The second-order valence-electron chi connectivity index (χ2n) is 2.95. The maximum Gasteiger partial charge on any atom is 0.262 e. The van der Waals surface area contributed by atoms with Crippen LogP contribution in [0.3, 0.4) is 0 Å². The van der Waals surface area contributed by atoms with Gasteiger partial charge in [-0.15, -0.1) is 0 Å². The summed E-state index contributed by atoms with van der Waals surface area (Å²) in [6.07, 6.45) is 0. The first-order valence-electron chi connectivity index (χ1n) is 4.04. The summed E-state index contributed by atoms with van der Waals surface area (Å²) in [5.41, 5.74) is 0.748. The van der Waals surface area contributed by atoms with Gasteiger partial charge in [0.25, 0.3) is 11.1 Å². The second-order valence-corrected chi connectivity index (χ2v) is 4.14. The molecule has 4 nitrogen and oxygen atoms in total. The molecule has 0 aromatic heterocycles. The van der Waals surface area contributed by atoms with E-state index in [1.54, 1.807) is 6.07 Å². The van der Waals surface area contributed by atoms with E-state index >= 15 is 0 Å². The molecule has 0 bridgehead atoms. The van der Waals surface area contributed by atoms with Crippen molar-refractivity contribution in [1.29, 1.82) is 0 Å². The van der Waals surface area contributed by atoms with E-state index in [-0.39, 0.29) is 12.5 Å². The van der Waals surface area contributed by atoms with Crippen molar-refractivity contribution >= 4 is 44.4 Å². The molecule has 78 valence electrons. The third kappa shape index (κ3) is 1.98. The first-order valence-corrected chi connectivity index (χ1v) is 5.21. The van der Waals surface area contributed by atoms with Crippen LogP contribution in [0.2, 0.25) is 0 Å². The van der Waals surface area contributed by atoms with Gasteiger partial charge in [0.05, 0.1) is 10.2 Å². The average Bonchev–Trinajstić information content (AvgIpc) is 2.16. The van der Waals surface area contributed by atoms with Crippen LogP contribution in [0.5, 0.6) is 5.75 Å². The summed E-state index contributed by atoms with van der Waals surface area (Å²) in [5.74, 6) is 0.254. The molecule has 1 amide bonds. The third-order valence-electron chi connectivity index (χ3n) is 1.89. The summed E-state index contributed by atoms with van der Waals surface area (Å²) in [6, 6.07) is 3.03. The van der Waals surface area contributed by atoms with E-state index in [0.29, 0.717) is 21.5 Å². The molecular weight excluding hydrogens is 285 g/mol. The van der Waals surface area contributed by atoms with Crippen LogP contribution in [-0.2, 0) is 4.79 Å². The van der Waals surface area contributed by atoms with Crippen molar-refractivity contribution in [2.75, 3.05) is 11.9 Å². The summed E-state index contributed by atoms with van der Waals surface area (Å²) < 4.78 is 5.77. The molecule has 0 unspecified atom stereocenters. The molecule has 0 aliphatic carbocycles. The first-order chi connectivity index (χ1) is 7.08. The maximum absolute atomic E-state index is 11.0. The highest BCUT2D eigenvalue weighted by Gasteiger charge is 2.20. The number of ether oxygens (including phenoxy) is 1. The van der Waals surface area contributed by atoms with E-state index in [9.17, 15) is 9.59 Å². The highest BCUT2D eigenvalue weighted by atomic mass is 79.9. The van der Waals surface area contributed by atoms with Crippen LogP contribution in [-0.4, -0.2) is 17.8 Å². The topological polar surface area (TPSA) is 55.4 Å². The minimum Gasteiger partial charge on any atom is -0.480 e. The van der Waals surface area contributed by atoms with Crippen molar-refractivity contribution in [2.45, 2.75) is 0 Å². The Morgan fingerprint density at radius 3 is 2.93 bits per heavy atom. The Balaban J connectivity index is 2.53. The molecule has 1 aromatic rings. The van der Waals surface area contributed by atoms with Gasteiger partial charge in [0, 0.05) is 5.56 Å². The molecule has 0 atom stereocenters. The molecule has 0 saturated carbocycles. The fourth-order valence-electron chi connectivity index (χ4n) is 1.27. The minimum absolute atomic E-state index is 0.0280. The third-order valence-corrected chi connectivity index (χ3v) is 2.70. The number of anilines is 1. The zero-order valence-corrected chi connectivity index (χ0v) is 9.68. The summed E-state index contributed by atoms with van der Waals surface area (Å²) in [7, 11) is 0. The van der Waals surface area contributed by atoms with Crippen LogP contribution in [0.15, 0.2) is 16.6 Å². The summed E-state index contributed by atoms with van der Waals surface area (Å²) >= 11 is 8.57. The lowest BCUT2D eigenvalue weighted by Gasteiger charge is -2.19. The lowest BCUT2D eigenvalue weighted by atomic mass is 10.2. The molecular formula is C9H5BrClNO3. The van der Waals surface area contributed by atoms with E-state index in [2.05, 4.69) is 21.2 Å². The highest BCUT2D eigenvalue weighted by Crippen LogP contribution is 2.37. The summed E-state index contributed by atoms with van der Waals surface area (Å²) in [4.78, 5) is 22.0. The number of hydrogen-bond acceptors (Lipinski definition) is 3.